The number of anilines is 2. The quantitative estimate of drug-likeness (QED) is 0.631. The molecular weight excluding hydrogens is 402 g/mol. The lowest BCUT2D eigenvalue weighted by Crippen LogP contribution is -2.39. The van der Waals surface area contributed by atoms with Gasteiger partial charge in [-0.1, -0.05) is 25.1 Å². The zero-order valence-electron chi connectivity index (χ0n) is 18.6. The van der Waals surface area contributed by atoms with Crippen molar-refractivity contribution in [3.05, 3.63) is 43.2 Å². The number of rotatable bonds is 7. The lowest BCUT2D eigenvalue weighted by Gasteiger charge is -2.31. The molecule has 1 aromatic carbocycles. The summed E-state index contributed by atoms with van der Waals surface area (Å²) in [5.41, 5.74) is 8.02. The summed E-state index contributed by atoms with van der Waals surface area (Å²) in [4.78, 5) is 22.3. The van der Waals surface area contributed by atoms with Gasteiger partial charge in [0.2, 0.25) is 5.91 Å². The maximum absolute atomic E-state index is 11.8. The number of hydrogen-bond acceptors (Lipinski definition) is 6. The van der Waals surface area contributed by atoms with E-state index in [0.29, 0.717) is 17.8 Å². The second-order valence-corrected chi connectivity index (χ2v) is 8.74. The number of aromatic nitrogens is 2. The molecule has 2 heterocycles. The van der Waals surface area contributed by atoms with Crippen LogP contribution in [0, 0.1) is 5.92 Å². The number of carbonyl (C=O) groups excluding carboxylic acids is 1. The molecule has 2 aliphatic rings. The minimum atomic E-state index is 0.0122. The van der Waals surface area contributed by atoms with Crippen LogP contribution < -0.4 is 15.8 Å². The SMILES string of the molecule is C=CC(=O)N1CCC(CNc2ncnc(N)c2-c2ccc(OC3CCCCC3)cc2)CC1. The van der Waals surface area contributed by atoms with E-state index in [2.05, 4.69) is 21.9 Å². The first-order valence-corrected chi connectivity index (χ1v) is 11.7. The molecule has 1 saturated heterocycles. The van der Waals surface area contributed by atoms with Crippen molar-refractivity contribution in [2.45, 2.75) is 51.0 Å². The van der Waals surface area contributed by atoms with Crippen molar-refractivity contribution in [1.29, 1.82) is 0 Å². The van der Waals surface area contributed by atoms with E-state index in [4.69, 9.17) is 10.5 Å². The number of nitrogens with one attached hydrogen (secondary N) is 1. The molecule has 2 aromatic rings. The molecule has 2 fully saturated rings. The molecule has 1 aliphatic heterocycles. The summed E-state index contributed by atoms with van der Waals surface area (Å²) < 4.78 is 6.15. The Labute approximate surface area is 190 Å². The van der Waals surface area contributed by atoms with Gasteiger partial charge in [-0.05, 0) is 68.2 Å². The summed E-state index contributed by atoms with van der Waals surface area (Å²) >= 11 is 0. The third-order valence-corrected chi connectivity index (χ3v) is 6.53. The monoisotopic (exact) mass is 435 g/mol. The van der Waals surface area contributed by atoms with Crippen molar-refractivity contribution in [2.75, 3.05) is 30.7 Å². The molecule has 0 atom stereocenters. The van der Waals surface area contributed by atoms with E-state index in [1.807, 2.05) is 29.2 Å². The van der Waals surface area contributed by atoms with Gasteiger partial charge in [-0.2, -0.15) is 0 Å². The van der Waals surface area contributed by atoms with E-state index < -0.39 is 0 Å². The number of carbonyl (C=O) groups is 1. The molecular formula is C25H33N5O2. The smallest absolute Gasteiger partial charge is 0.245 e. The largest absolute Gasteiger partial charge is 0.490 e. The average molecular weight is 436 g/mol. The van der Waals surface area contributed by atoms with Gasteiger partial charge in [0.05, 0.1) is 11.7 Å². The summed E-state index contributed by atoms with van der Waals surface area (Å²) in [6, 6.07) is 8.06. The lowest BCUT2D eigenvalue weighted by atomic mass is 9.96. The predicted octanol–water partition coefficient (Wildman–Crippen LogP) is 4.27. The number of nitrogens with zero attached hydrogens (tertiary/aromatic N) is 3. The molecule has 1 saturated carbocycles. The van der Waals surface area contributed by atoms with Crippen LogP contribution in [0.15, 0.2) is 43.2 Å². The van der Waals surface area contributed by atoms with Gasteiger partial charge in [0, 0.05) is 19.6 Å². The summed E-state index contributed by atoms with van der Waals surface area (Å²) in [5, 5.41) is 3.47. The molecule has 0 radical (unpaired) electrons. The minimum absolute atomic E-state index is 0.0122. The average Bonchev–Trinajstić information content (AvgIpc) is 2.84. The fourth-order valence-electron chi connectivity index (χ4n) is 4.62. The maximum atomic E-state index is 11.8. The van der Waals surface area contributed by atoms with Crippen molar-refractivity contribution in [1.82, 2.24) is 14.9 Å². The first-order valence-electron chi connectivity index (χ1n) is 11.7. The van der Waals surface area contributed by atoms with Crippen LogP contribution in [-0.4, -0.2) is 46.5 Å². The highest BCUT2D eigenvalue weighted by Crippen LogP contribution is 2.33. The van der Waals surface area contributed by atoms with Gasteiger partial charge < -0.3 is 20.7 Å². The molecule has 32 heavy (non-hydrogen) atoms. The second-order valence-electron chi connectivity index (χ2n) is 8.74. The van der Waals surface area contributed by atoms with Crippen LogP contribution in [0.25, 0.3) is 11.1 Å². The van der Waals surface area contributed by atoms with E-state index in [0.717, 1.165) is 68.0 Å². The number of nitrogen functional groups attached to an aromatic ring is 1. The Balaban J connectivity index is 1.39. The Bertz CT molecular complexity index is 916. The standard InChI is InChI=1S/C25H33N5O2/c1-2-22(31)30-14-12-18(13-15-30)16-27-25-23(24(26)28-17-29-25)19-8-10-21(11-9-19)32-20-6-4-3-5-7-20/h2,8-11,17-18,20H,1,3-7,12-16H2,(H3,26,27,28,29). The fourth-order valence-corrected chi connectivity index (χ4v) is 4.62. The van der Waals surface area contributed by atoms with E-state index >= 15 is 0 Å². The number of amides is 1. The zero-order valence-corrected chi connectivity index (χ0v) is 18.6. The van der Waals surface area contributed by atoms with Crippen LogP contribution >= 0.6 is 0 Å². The first-order chi connectivity index (χ1) is 15.6. The summed E-state index contributed by atoms with van der Waals surface area (Å²) in [7, 11) is 0. The van der Waals surface area contributed by atoms with Crippen LogP contribution in [0.5, 0.6) is 5.75 Å². The van der Waals surface area contributed by atoms with Gasteiger partial charge in [0.15, 0.2) is 0 Å². The van der Waals surface area contributed by atoms with Crippen LogP contribution in [0.2, 0.25) is 0 Å². The van der Waals surface area contributed by atoms with Crippen molar-refractivity contribution in [3.63, 3.8) is 0 Å². The highest BCUT2D eigenvalue weighted by atomic mass is 16.5. The van der Waals surface area contributed by atoms with E-state index in [-0.39, 0.29) is 5.91 Å². The van der Waals surface area contributed by atoms with Gasteiger partial charge in [-0.3, -0.25) is 4.79 Å². The normalized spacial score (nSPS) is 17.7. The topological polar surface area (TPSA) is 93.4 Å². The fraction of sp³-hybridized carbons (Fsp3) is 0.480. The third kappa shape index (κ3) is 5.39. The summed E-state index contributed by atoms with van der Waals surface area (Å²) in [5.74, 6) is 2.57. The third-order valence-electron chi connectivity index (χ3n) is 6.53. The summed E-state index contributed by atoms with van der Waals surface area (Å²) in [6.45, 7) is 5.88. The van der Waals surface area contributed by atoms with Gasteiger partial charge in [0.25, 0.3) is 0 Å². The molecule has 1 aliphatic carbocycles. The molecule has 1 amide bonds. The minimum Gasteiger partial charge on any atom is -0.490 e. The predicted molar refractivity (Wildman–Crippen MR) is 127 cm³/mol. The molecule has 7 heteroatoms. The van der Waals surface area contributed by atoms with Crippen molar-refractivity contribution in [2.24, 2.45) is 5.92 Å². The summed E-state index contributed by atoms with van der Waals surface area (Å²) in [6.07, 6.45) is 11.2. The van der Waals surface area contributed by atoms with Crippen molar-refractivity contribution < 1.29 is 9.53 Å². The maximum Gasteiger partial charge on any atom is 0.245 e. The number of likely N-dealkylation sites (tertiary alicyclic amines) is 1. The Kier molecular flexibility index (Phi) is 7.24. The molecule has 1 aromatic heterocycles. The van der Waals surface area contributed by atoms with Gasteiger partial charge in [-0.25, -0.2) is 9.97 Å². The Morgan fingerprint density at radius 2 is 1.84 bits per heavy atom. The Morgan fingerprint density at radius 3 is 2.53 bits per heavy atom. The number of piperidine rings is 1. The van der Waals surface area contributed by atoms with E-state index in [1.165, 1.54) is 31.7 Å². The lowest BCUT2D eigenvalue weighted by molar-refractivity contribution is -0.127. The second kappa shape index (κ2) is 10.5. The number of ether oxygens (including phenoxy) is 1. The molecule has 3 N–H and O–H groups in total. The zero-order chi connectivity index (χ0) is 22.3. The van der Waals surface area contributed by atoms with Crippen LogP contribution in [0.4, 0.5) is 11.6 Å². The van der Waals surface area contributed by atoms with Crippen LogP contribution in [0.3, 0.4) is 0 Å². The Hall–Kier alpha value is -3.09. The van der Waals surface area contributed by atoms with E-state index in [9.17, 15) is 4.79 Å². The van der Waals surface area contributed by atoms with Gasteiger partial charge in [0.1, 0.15) is 23.7 Å². The van der Waals surface area contributed by atoms with Gasteiger partial charge in [-0.15, -0.1) is 0 Å². The number of hydrogen-bond donors (Lipinski definition) is 2. The van der Waals surface area contributed by atoms with E-state index in [1.54, 1.807) is 0 Å². The molecule has 0 spiro atoms. The molecule has 7 nitrogen and oxygen atoms in total. The molecule has 4 rings (SSSR count). The number of benzene rings is 1. The highest BCUT2D eigenvalue weighted by Gasteiger charge is 2.22. The van der Waals surface area contributed by atoms with Crippen LogP contribution in [-0.2, 0) is 4.79 Å². The van der Waals surface area contributed by atoms with Crippen molar-refractivity contribution in [3.8, 4) is 16.9 Å². The Morgan fingerprint density at radius 1 is 1.12 bits per heavy atom. The molecule has 0 bridgehead atoms. The highest BCUT2D eigenvalue weighted by molar-refractivity contribution is 5.87. The van der Waals surface area contributed by atoms with Crippen molar-refractivity contribution >= 4 is 17.5 Å². The molecule has 0 unspecified atom stereocenters. The molecule has 170 valence electrons. The number of nitrogens with two attached hydrogens (primary N) is 1. The van der Waals surface area contributed by atoms with Gasteiger partial charge >= 0.3 is 0 Å². The van der Waals surface area contributed by atoms with Crippen LogP contribution in [0.1, 0.15) is 44.9 Å². The first kappa shape index (κ1) is 22.1.